The van der Waals surface area contributed by atoms with Gasteiger partial charge in [0.25, 0.3) is 0 Å². The molecule has 10 bridgehead atoms. The number of ether oxygens (including phenoxy) is 12. The second-order valence-electron chi connectivity index (χ2n) is 38.8. The Morgan fingerprint density at radius 3 is 0.809 bits per heavy atom. The van der Waals surface area contributed by atoms with Gasteiger partial charge in [0.2, 0.25) is 27.2 Å². The Hall–Kier alpha value is -1.45. The third-order valence-corrected chi connectivity index (χ3v) is 43.1. The Kier molecular flexibility index (Phi) is 43.0. The molecule has 10 N–H and O–H groups in total. The summed E-state index contributed by atoms with van der Waals surface area (Å²) in [7, 11) is -41.6. The van der Waals surface area contributed by atoms with Crippen molar-refractivity contribution in [3.63, 3.8) is 0 Å². The Morgan fingerprint density at radius 1 is 0.284 bits per heavy atom. The molecule has 0 radical (unpaired) electrons. The molecular formula is C75H138O56P8Si2. The van der Waals surface area contributed by atoms with Crippen LogP contribution in [0.2, 0.25) is 36.3 Å². The van der Waals surface area contributed by atoms with Gasteiger partial charge in [-0.15, -0.1) is 0 Å². The number of rotatable bonds is 16. The van der Waals surface area contributed by atoms with E-state index in [0.717, 1.165) is 20.8 Å². The number of carbonyl (C=O) groups is 4. The lowest BCUT2D eigenvalue weighted by Gasteiger charge is -2.40. The molecule has 12 fully saturated rings. The maximum Gasteiger partial charge on any atom is 0.478 e. The van der Waals surface area contributed by atoms with Crippen LogP contribution >= 0.6 is 62.6 Å². The molecule has 0 aromatic heterocycles. The molecule has 66 heteroatoms. The highest BCUT2D eigenvalue weighted by atomic mass is 31.2. The number of hydrogen-bond acceptors (Lipinski definition) is 52. The third-order valence-electron chi connectivity index (χ3n) is 24.6. The van der Waals surface area contributed by atoms with Crippen LogP contribution in [0.5, 0.6) is 0 Å². The molecule has 0 spiro atoms. The van der Waals surface area contributed by atoms with Crippen molar-refractivity contribution < 1.29 is 262 Å². The SMILES string of the molecule is CC(=O)OCOP1(=O)OCC2OC(C)C(O)C2OP(=O)(O)OCC2OC(C)C(O1)C2O.CC(=O)OCOP1(=O)OCC2OC(C)C(OP(=O)(OCOC(C)=O)OCC3OC(C)C(O1)C3O)C2O.CC1OC2COP(=O)(O)OC3C(COP(=O)(O)OC1C2O[Si](C)(C)C(C)(C)C)OC(C)C3O[Si](C)(C)C(C)(C)C.CC1OC2COP(=O)(OCOC(=O)C(C)(C)C)OC3C(C)OC(COP(=O)(O)OC2C1O)C3O. The number of aliphatic hydroxyl groups is 6. The largest absolute Gasteiger partial charge is 0.478 e. The lowest BCUT2D eigenvalue weighted by atomic mass is 9.98. The molecule has 40 unspecified atom stereocenters. The number of aliphatic hydroxyl groups excluding tert-OH is 6. The van der Waals surface area contributed by atoms with E-state index in [2.05, 4.69) is 55.8 Å². The quantitative estimate of drug-likeness (QED) is 0.0260. The highest BCUT2D eigenvalue weighted by molar-refractivity contribution is 7.50. The van der Waals surface area contributed by atoms with Crippen molar-refractivity contribution in [1.29, 1.82) is 0 Å². The summed E-state index contributed by atoms with van der Waals surface area (Å²) in [4.78, 5) is 86.8. The predicted molar refractivity (Wildman–Crippen MR) is 476 cm³/mol. The van der Waals surface area contributed by atoms with Gasteiger partial charge in [-0.3, -0.25) is 91.6 Å². The van der Waals surface area contributed by atoms with Crippen molar-refractivity contribution in [2.24, 2.45) is 5.41 Å². The molecule has 0 amide bonds. The van der Waals surface area contributed by atoms with Gasteiger partial charge in [-0.05, 0) is 112 Å². The molecule has 12 heterocycles. The fraction of sp³-hybridized carbons (Fsp3) is 0.947. The van der Waals surface area contributed by atoms with E-state index in [0.29, 0.717) is 0 Å². The molecule has 12 aliphatic heterocycles. The summed E-state index contributed by atoms with van der Waals surface area (Å²) in [5, 5.41) is 62.7. The van der Waals surface area contributed by atoms with Gasteiger partial charge in [0.15, 0.2) is 16.6 Å². The van der Waals surface area contributed by atoms with Crippen molar-refractivity contribution in [3.8, 4) is 0 Å². The van der Waals surface area contributed by atoms with Gasteiger partial charge >= 0.3 is 86.5 Å². The molecule has 822 valence electrons. The fourth-order valence-corrected chi connectivity index (χ4v) is 26.6. The first-order valence-electron chi connectivity index (χ1n) is 44.9. The van der Waals surface area contributed by atoms with E-state index >= 15 is 0 Å². The molecule has 12 saturated heterocycles. The zero-order valence-corrected chi connectivity index (χ0v) is 91.4. The van der Waals surface area contributed by atoms with Crippen LogP contribution in [0.4, 0.5) is 0 Å². The Morgan fingerprint density at radius 2 is 0.511 bits per heavy atom. The van der Waals surface area contributed by atoms with Gasteiger partial charge in [-0.2, -0.15) is 0 Å². The van der Waals surface area contributed by atoms with E-state index in [-0.39, 0.29) is 16.7 Å². The van der Waals surface area contributed by atoms with Crippen LogP contribution in [0.3, 0.4) is 0 Å². The van der Waals surface area contributed by atoms with Crippen LogP contribution in [0.1, 0.15) is 138 Å². The lowest BCUT2D eigenvalue weighted by Crippen LogP contribution is -2.50. The van der Waals surface area contributed by atoms with E-state index in [1.165, 1.54) is 41.5 Å². The van der Waals surface area contributed by atoms with Gasteiger partial charge < -0.3 is 116 Å². The summed E-state index contributed by atoms with van der Waals surface area (Å²) in [6.07, 6.45) is -35.1. The van der Waals surface area contributed by atoms with Crippen molar-refractivity contribution in [1.82, 2.24) is 0 Å². The molecule has 0 aromatic rings. The van der Waals surface area contributed by atoms with Crippen LogP contribution in [0.25, 0.3) is 0 Å². The van der Waals surface area contributed by atoms with Gasteiger partial charge in [0.1, 0.15) is 146 Å². The fourth-order valence-electron chi connectivity index (χ4n) is 14.8. The number of phosphoric ester groups is 8. The minimum atomic E-state index is -4.73. The first kappa shape index (κ1) is 123. The zero-order chi connectivity index (χ0) is 106. The van der Waals surface area contributed by atoms with Crippen molar-refractivity contribution in [2.45, 2.75) is 370 Å². The Balaban J connectivity index is 0.000000211. The van der Waals surface area contributed by atoms with Gasteiger partial charge in [-0.25, -0.2) is 54.6 Å². The van der Waals surface area contributed by atoms with E-state index in [9.17, 15) is 106 Å². The van der Waals surface area contributed by atoms with Crippen molar-refractivity contribution >= 4 is 103 Å². The second-order valence-corrected chi connectivity index (χ2v) is 60.5. The molecule has 0 aliphatic carbocycles. The van der Waals surface area contributed by atoms with E-state index in [1.54, 1.807) is 34.6 Å². The van der Waals surface area contributed by atoms with Crippen LogP contribution in [-0.4, -0.2) is 366 Å². The van der Waals surface area contributed by atoms with Gasteiger partial charge in [-0.1, -0.05) is 41.5 Å². The molecule has 0 aromatic carbocycles. The molecular weight excluding hydrogens is 2100 g/mol. The number of phosphoric acid groups is 8. The summed E-state index contributed by atoms with van der Waals surface area (Å²) in [5.41, 5.74) is -0.853. The number of carbonyl (C=O) groups excluding carboxylic acids is 4. The molecule has 56 nitrogen and oxygen atoms in total. The maximum atomic E-state index is 13.4. The molecule has 141 heavy (non-hydrogen) atoms. The molecule has 0 saturated carbocycles. The summed E-state index contributed by atoms with van der Waals surface area (Å²) in [5.74, 6) is -2.79. The number of hydrogen-bond donors (Lipinski definition) is 10. The normalized spacial score (nSPS) is 45.0. The monoisotopic (exact) mass is 2240 g/mol. The highest BCUT2D eigenvalue weighted by Crippen LogP contribution is 2.62. The topological polar surface area (TPSA) is 721 Å². The van der Waals surface area contributed by atoms with Crippen molar-refractivity contribution in [3.05, 3.63) is 0 Å². The smallest absolute Gasteiger partial charge is 0.438 e. The summed E-state index contributed by atoms with van der Waals surface area (Å²) in [6.45, 7) is 33.8. The standard InChI is InChI=1S/C24H50O12P2Si2.C18H30O16P2.C18H32O14P2.C15H26O14P2/c1-15-19-22(36-40(11,12)24(6,7)8)18(31-15)14-30-38(27,28)34-21-17(13-29-37(25,26)33-19)32-16(2)20(21)35-39(9,10)23(3,4)5;1-9-17-15(21)13(31-9)5-27-36(24,30-8-26-12(4)20)34-18-10(2)32-14(16(18)22)6-28-35(23,33-17)29-7-25-11(3)19;1-9-13(19)16-12(29-9)7-27-34(24,28-8-25-17(21)18(3,4)5)32-15-10(2)30-11(14(15)20)6-26-33(22,23)31-16;1-7-12(17)15-11(26-7)5-24-31(21,25-6-22-9(3)16)29-14-8(2)27-10(13(14)18)4-23-30(19,20)28-15/h15-22H,13-14H2,1-12H3,(H,25,26)(H,27,28);9-10,13-18,21-22H,5-8H2,1-4H3;9-16,19-20H,6-8H2,1-5H3,(H,22,23);7-8,10-15,17-18H,4-6H2,1-3H3,(H,19,20). The van der Waals surface area contributed by atoms with Crippen molar-refractivity contribution in [2.75, 3.05) is 80.0 Å². The molecule has 40 atom stereocenters. The average Bonchev–Trinajstić information content (AvgIpc) is 1.63. The minimum absolute atomic E-state index is 0.162. The molecule has 12 aliphatic rings. The van der Waals surface area contributed by atoms with Gasteiger partial charge in [0.05, 0.1) is 107 Å². The van der Waals surface area contributed by atoms with E-state index in [4.69, 9.17) is 142 Å². The van der Waals surface area contributed by atoms with Gasteiger partial charge in [0, 0.05) is 20.8 Å². The second kappa shape index (κ2) is 49.3. The minimum Gasteiger partial charge on any atom is -0.438 e. The first-order valence-corrected chi connectivity index (χ1v) is 62.5. The third kappa shape index (κ3) is 33.8. The predicted octanol–water partition coefficient (Wildman–Crippen LogP) is 6.47. The van der Waals surface area contributed by atoms with Crippen LogP contribution in [0, 0.1) is 5.41 Å². The lowest BCUT2D eigenvalue weighted by molar-refractivity contribution is -0.161. The number of esters is 4. The Labute approximate surface area is 817 Å². The zero-order valence-electron chi connectivity index (χ0n) is 82.3. The first-order chi connectivity index (χ1) is 64.7. The summed E-state index contributed by atoms with van der Waals surface area (Å²) in [6, 6.07) is 0. The summed E-state index contributed by atoms with van der Waals surface area (Å²) >= 11 is 0. The van der Waals surface area contributed by atoms with Crippen LogP contribution in [0.15, 0.2) is 0 Å². The highest BCUT2D eigenvalue weighted by Gasteiger charge is 2.61. The summed E-state index contributed by atoms with van der Waals surface area (Å²) < 4.78 is 287. The van der Waals surface area contributed by atoms with Crippen LogP contribution < -0.4 is 0 Å². The van der Waals surface area contributed by atoms with E-state index < -0.39 is 377 Å². The Bertz CT molecular complexity index is 4490. The van der Waals surface area contributed by atoms with Crippen LogP contribution in [-0.2, 0) is 212 Å². The average molecular weight is 2240 g/mol. The number of fused-ring (bicyclic) bond motifs is 13. The maximum absolute atomic E-state index is 13.4. The van der Waals surface area contributed by atoms with E-state index in [1.807, 2.05) is 26.2 Å². The molecule has 12 rings (SSSR count).